The van der Waals surface area contributed by atoms with Crippen molar-refractivity contribution in [2.45, 2.75) is 24.0 Å². The van der Waals surface area contributed by atoms with E-state index in [0.717, 1.165) is 37.5 Å². The summed E-state index contributed by atoms with van der Waals surface area (Å²) in [5.41, 5.74) is 0.633. The number of pyridine rings is 1. The van der Waals surface area contributed by atoms with Crippen LogP contribution in [0.2, 0.25) is 0 Å². The number of fused-ring (bicyclic) bond motifs is 1. The summed E-state index contributed by atoms with van der Waals surface area (Å²) in [6.07, 6.45) is 5.55. The van der Waals surface area contributed by atoms with Gasteiger partial charge in [-0.15, -0.1) is 11.8 Å². The molecule has 2 aliphatic heterocycles. The van der Waals surface area contributed by atoms with Gasteiger partial charge < -0.3 is 14.8 Å². The molecule has 0 aliphatic carbocycles. The highest BCUT2D eigenvalue weighted by Gasteiger charge is 2.27. The Bertz CT molecular complexity index is 890. The Morgan fingerprint density at radius 3 is 2.93 bits per heavy atom. The van der Waals surface area contributed by atoms with Crippen LogP contribution in [0.25, 0.3) is 0 Å². The molecule has 1 aromatic carbocycles. The summed E-state index contributed by atoms with van der Waals surface area (Å²) >= 11 is 1.48. The molecule has 1 N–H and O–H groups in total. The minimum atomic E-state index is -0.322. The van der Waals surface area contributed by atoms with E-state index in [2.05, 4.69) is 15.2 Å². The fraction of sp³-hybridized carbons (Fsp3) is 0.455. The molecule has 0 saturated carbocycles. The first-order valence-corrected chi connectivity index (χ1v) is 11.4. The van der Waals surface area contributed by atoms with E-state index in [4.69, 9.17) is 9.47 Å². The minimum Gasteiger partial charge on any atom is -0.486 e. The highest BCUT2D eigenvalue weighted by Crippen LogP contribution is 2.32. The lowest BCUT2D eigenvalue weighted by molar-refractivity contribution is 0.0473. The predicted octanol–water partition coefficient (Wildman–Crippen LogP) is 3.22. The summed E-state index contributed by atoms with van der Waals surface area (Å²) in [7, 11) is 0. The van der Waals surface area contributed by atoms with Crippen molar-refractivity contribution in [3.05, 3.63) is 47.9 Å². The van der Waals surface area contributed by atoms with Gasteiger partial charge in [-0.25, -0.2) is 9.37 Å². The molecule has 3 heterocycles. The first-order valence-electron chi connectivity index (χ1n) is 10.2. The van der Waals surface area contributed by atoms with Gasteiger partial charge in [0.25, 0.3) is 5.91 Å². The summed E-state index contributed by atoms with van der Waals surface area (Å²) < 4.78 is 25.1. The first-order chi connectivity index (χ1) is 14.6. The average Bonchev–Trinajstić information content (AvgIpc) is 2.78. The smallest absolute Gasteiger partial charge is 0.254 e. The number of likely N-dealkylation sites (tertiary alicyclic amines) is 1. The van der Waals surface area contributed by atoms with Crippen molar-refractivity contribution in [2.75, 3.05) is 39.0 Å². The first kappa shape index (κ1) is 20.9. The third kappa shape index (κ3) is 5.05. The summed E-state index contributed by atoms with van der Waals surface area (Å²) in [5, 5.41) is 3.82. The molecule has 0 spiro atoms. The van der Waals surface area contributed by atoms with E-state index in [1.807, 2.05) is 12.3 Å². The molecule has 1 aromatic heterocycles. The number of ether oxygens (including phenoxy) is 2. The number of thioether (sulfide) groups is 1. The maximum Gasteiger partial charge on any atom is 0.254 e. The lowest BCUT2D eigenvalue weighted by atomic mass is 9.96. The van der Waals surface area contributed by atoms with Crippen LogP contribution in [0.4, 0.5) is 4.39 Å². The Kier molecular flexibility index (Phi) is 6.74. The van der Waals surface area contributed by atoms with Gasteiger partial charge in [-0.2, -0.15) is 0 Å². The van der Waals surface area contributed by atoms with E-state index in [0.29, 0.717) is 36.1 Å². The number of halogens is 1. The molecule has 6 nitrogen and oxygen atoms in total. The van der Waals surface area contributed by atoms with Crippen molar-refractivity contribution < 1.29 is 18.7 Å². The number of nitrogens with zero attached hydrogens (tertiary/aromatic N) is 2. The number of amides is 1. The van der Waals surface area contributed by atoms with Crippen molar-refractivity contribution in [3.63, 3.8) is 0 Å². The van der Waals surface area contributed by atoms with E-state index in [9.17, 15) is 9.18 Å². The maximum atomic E-state index is 13.4. The molecule has 1 saturated heterocycles. The number of hydrogen-bond acceptors (Lipinski definition) is 6. The zero-order valence-corrected chi connectivity index (χ0v) is 17.8. The summed E-state index contributed by atoms with van der Waals surface area (Å²) in [6.45, 7) is 3.78. The number of carbonyl (C=O) groups is 1. The van der Waals surface area contributed by atoms with Crippen molar-refractivity contribution >= 4 is 17.7 Å². The number of nitrogens with one attached hydrogen (secondary N) is 1. The maximum absolute atomic E-state index is 13.4. The number of carbonyl (C=O) groups excluding carboxylic acids is 1. The van der Waals surface area contributed by atoms with Crippen molar-refractivity contribution in [2.24, 2.45) is 5.92 Å². The normalized spacial score (nSPS) is 19.5. The molecule has 0 radical (unpaired) electrons. The highest BCUT2D eigenvalue weighted by atomic mass is 32.2. The fourth-order valence-electron chi connectivity index (χ4n) is 3.90. The molecule has 0 bridgehead atoms. The second-order valence-electron chi connectivity index (χ2n) is 7.66. The topological polar surface area (TPSA) is 63.7 Å². The number of aromatic nitrogens is 1. The van der Waals surface area contributed by atoms with E-state index in [1.54, 1.807) is 18.3 Å². The highest BCUT2D eigenvalue weighted by molar-refractivity contribution is 7.98. The molecule has 30 heavy (non-hydrogen) atoms. The molecule has 160 valence electrons. The van der Waals surface area contributed by atoms with E-state index in [1.165, 1.54) is 23.9 Å². The molecule has 0 unspecified atom stereocenters. The lowest BCUT2D eigenvalue weighted by Crippen LogP contribution is -2.45. The molecule has 2 aromatic rings. The van der Waals surface area contributed by atoms with Gasteiger partial charge in [0.15, 0.2) is 11.5 Å². The van der Waals surface area contributed by atoms with Gasteiger partial charge in [0.05, 0.1) is 5.56 Å². The second kappa shape index (κ2) is 9.66. The van der Waals surface area contributed by atoms with Crippen molar-refractivity contribution in [1.29, 1.82) is 0 Å². The molecule has 4 rings (SSSR count). The number of rotatable bonds is 6. The van der Waals surface area contributed by atoms with Crippen LogP contribution in [0.3, 0.4) is 0 Å². The molecule has 1 amide bonds. The van der Waals surface area contributed by atoms with Gasteiger partial charge in [-0.05, 0) is 62.4 Å². The summed E-state index contributed by atoms with van der Waals surface area (Å²) in [6, 6.07) is 7.96. The Balaban J connectivity index is 1.21. The van der Waals surface area contributed by atoms with Crippen LogP contribution in [0, 0.1) is 11.7 Å². The zero-order valence-electron chi connectivity index (χ0n) is 17.0. The van der Waals surface area contributed by atoms with Gasteiger partial charge in [-0.1, -0.05) is 0 Å². The third-order valence-corrected chi connectivity index (χ3v) is 6.27. The standard InChI is InChI=1S/C22H26FN3O3S/c1-30-22-18(3-2-8-24-22)21(27)25-12-15-6-9-26(10-7-15)13-17-14-28-19-5-4-16(23)11-20(19)29-17/h2-5,8,11,15,17H,6-7,9-10,12-14H2,1H3,(H,25,27)/t17-/m0/s1. The Hall–Kier alpha value is -2.32. The van der Waals surface area contributed by atoms with E-state index < -0.39 is 0 Å². The number of hydrogen-bond donors (Lipinski definition) is 1. The molecule has 1 atom stereocenters. The fourth-order valence-corrected chi connectivity index (χ4v) is 4.45. The van der Waals surface area contributed by atoms with Crippen molar-refractivity contribution in [3.8, 4) is 11.5 Å². The molecule has 1 fully saturated rings. The van der Waals surface area contributed by atoms with Crippen LogP contribution in [0.1, 0.15) is 23.2 Å². The van der Waals surface area contributed by atoms with Crippen LogP contribution in [0.15, 0.2) is 41.6 Å². The van der Waals surface area contributed by atoms with Crippen LogP contribution in [-0.2, 0) is 0 Å². The van der Waals surface area contributed by atoms with Gasteiger partial charge in [0, 0.05) is 25.4 Å². The Morgan fingerprint density at radius 1 is 1.30 bits per heavy atom. The van der Waals surface area contributed by atoms with Crippen LogP contribution < -0.4 is 14.8 Å². The Morgan fingerprint density at radius 2 is 2.13 bits per heavy atom. The van der Waals surface area contributed by atoms with Crippen molar-refractivity contribution in [1.82, 2.24) is 15.2 Å². The van der Waals surface area contributed by atoms with Gasteiger partial charge in [-0.3, -0.25) is 9.69 Å². The quantitative estimate of drug-likeness (QED) is 0.709. The van der Waals surface area contributed by atoms with Gasteiger partial charge in [0.2, 0.25) is 0 Å². The van der Waals surface area contributed by atoms with Crippen LogP contribution >= 0.6 is 11.8 Å². The van der Waals surface area contributed by atoms with Gasteiger partial charge >= 0.3 is 0 Å². The lowest BCUT2D eigenvalue weighted by Gasteiger charge is -2.35. The molecule has 8 heteroatoms. The summed E-state index contributed by atoms with van der Waals surface area (Å²) in [5.74, 6) is 1.15. The monoisotopic (exact) mass is 431 g/mol. The minimum absolute atomic E-state index is 0.0615. The molecule has 2 aliphatic rings. The zero-order chi connectivity index (χ0) is 20.9. The summed E-state index contributed by atoms with van der Waals surface area (Å²) in [4.78, 5) is 19.1. The largest absolute Gasteiger partial charge is 0.486 e. The average molecular weight is 432 g/mol. The molecular formula is C22H26FN3O3S. The third-order valence-electron chi connectivity index (χ3n) is 5.55. The molecular weight excluding hydrogens is 405 g/mol. The predicted molar refractivity (Wildman–Crippen MR) is 114 cm³/mol. The van der Waals surface area contributed by atoms with E-state index >= 15 is 0 Å². The number of piperidine rings is 1. The van der Waals surface area contributed by atoms with Gasteiger partial charge in [0.1, 0.15) is 23.6 Å². The van der Waals surface area contributed by atoms with Crippen LogP contribution in [-0.4, -0.2) is 60.9 Å². The number of benzene rings is 1. The van der Waals surface area contributed by atoms with Crippen LogP contribution in [0.5, 0.6) is 11.5 Å². The second-order valence-corrected chi connectivity index (χ2v) is 8.45. The SMILES string of the molecule is CSc1ncccc1C(=O)NCC1CCN(C[C@H]2COc3ccc(F)cc3O2)CC1. The van der Waals surface area contributed by atoms with E-state index in [-0.39, 0.29) is 17.8 Å². The Labute approximate surface area is 180 Å².